The minimum atomic E-state index is -0.864. The molecule has 1 fully saturated rings. The summed E-state index contributed by atoms with van der Waals surface area (Å²) in [5.41, 5.74) is 2.16. The zero-order chi connectivity index (χ0) is 34.0. The van der Waals surface area contributed by atoms with E-state index in [1.165, 1.54) is 0 Å². The van der Waals surface area contributed by atoms with Crippen LogP contribution in [0.1, 0.15) is 30.9 Å². The molecule has 3 aromatic rings. The molecule has 1 atom stereocenters. The quantitative estimate of drug-likeness (QED) is 0.127. The van der Waals surface area contributed by atoms with Crippen LogP contribution in [0.4, 0.5) is 0 Å². The van der Waals surface area contributed by atoms with Crippen molar-refractivity contribution in [3.05, 3.63) is 74.7 Å². The molecule has 0 spiro atoms. The van der Waals surface area contributed by atoms with Gasteiger partial charge in [0.25, 0.3) is 0 Å². The van der Waals surface area contributed by atoms with Gasteiger partial charge in [-0.05, 0) is 46.0 Å². The molecule has 1 saturated heterocycles. The van der Waals surface area contributed by atoms with E-state index in [1.54, 1.807) is 19.1 Å². The fraction of sp³-hybridized carbons (Fsp3) is 0.486. The Balaban J connectivity index is 1.46. The number of benzene rings is 3. The summed E-state index contributed by atoms with van der Waals surface area (Å²) >= 11 is 20.4. The second-order valence-electron chi connectivity index (χ2n) is 12.4. The van der Waals surface area contributed by atoms with Crippen molar-refractivity contribution in [1.29, 1.82) is 0 Å². The molecule has 0 radical (unpaired) electrons. The van der Waals surface area contributed by atoms with Gasteiger partial charge >= 0.3 is 0 Å². The van der Waals surface area contributed by atoms with Crippen molar-refractivity contribution in [3.63, 3.8) is 0 Å². The number of nitrogens with one attached hydrogen (secondary N) is 1. The molecule has 0 unspecified atom stereocenters. The number of halogens is 3. The highest BCUT2D eigenvalue weighted by Gasteiger charge is 2.23. The lowest BCUT2D eigenvalue weighted by atomic mass is 10.0. The molecule has 0 saturated carbocycles. The van der Waals surface area contributed by atoms with Gasteiger partial charge in [0.15, 0.2) is 0 Å². The predicted octanol–water partition coefficient (Wildman–Crippen LogP) is 5.50. The van der Waals surface area contributed by atoms with E-state index in [9.17, 15) is 15.3 Å². The van der Waals surface area contributed by atoms with Crippen LogP contribution in [0.25, 0.3) is 11.1 Å². The number of likely N-dealkylation sites (N-methyl/N-ethyl adjacent to an activating group) is 1. The first-order chi connectivity index (χ1) is 22.5. The van der Waals surface area contributed by atoms with Crippen LogP contribution in [0.5, 0.6) is 17.2 Å². The third kappa shape index (κ3) is 10.6. The third-order valence-electron chi connectivity index (χ3n) is 8.15. The van der Waals surface area contributed by atoms with E-state index < -0.39 is 5.54 Å². The Morgan fingerprint density at radius 1 is 0.894 bits per heavy atom. The van der Waals surface area contributed by atoms with E-state index in [2.05, 4.69) is 10.2 Å². The van der Waals surface area contributed by atoms with Gasteiger partial charge in [-0.15, -0.1) is 0 Å². The topological polar surface area (TPSA) is 107 Å². The minimum absolute atomic E-state index is 0.146. The summed E-state index contributed by atoms with van der Waals surface area (Å²) in [5, 5.41) is 33.7. The third-order valence-corrected chi connectivity index (χ3v) is 9.29. The lowest BCUT2D eigenvalue weighted by molar-refractivity contribution is 0.103. The van der Waals surface area contributed by atoms with Crippen molar-refractivity contribution < 1.29 is 29.5 Å². The van der Waals surface area contributed by atoms with Crippen molar-refractivity contribution in [1.82, 2.24) is 15.1 Å². The molecule has 0 bridgehead atoms. The highest BCUT2D eigenvalue weighted by molar-refractivity contribution is 6.37. The van der Waals surface area contributed by atoms with Gasteiger partial charge in [-0.3, -0.25) is 0 Å². The van der Waals surface area contributed by atoms with Gasteiger partial charge in [0.2, 0.25) is 0 Å². The molecule has 3 aromatic carbocycles. The first kappa shape index (κ1) is 37.5. The van der Waals surface area contributed by atoms with Crippen molar-refractivity contribution in [2.24, 2.45) is 0 Å². The minimum Gasteiger partial charge on any atom is -0.492 e. The SMILES string of the molecule is CN(C)CCOc1cc(OCc2cccc(-c3cccc(OCCCN4CC[C@@H](O)C4)c3Cl)c2Cl)c(Cl)cc1CNC(C)(CO)CO. The summed E-state index contributed by atoms with van der Waals surface area (Å²) in [6, 6.07) is 14.9. The number of aliphatic hydroxyl groups excluding tert-OH is 3. The fourth-order valence-electron chi connectivity index (χ4n) is 5.14. The van der Waals surface area contributed by atoms with Gasteiger partial charge in [0.05, 0.1) is 46.5 Å². The maximum absolute atomic E-state index is 9.74. The van der Waals surface area contributed by atoms with Gasteiger partial charge in [-0.2, -0.15) is 0 Å². The van der Waals surface area contributed by atoms with Crippen LogP contribution in [-0.4, -0.2) is 103 Å². The number of β-amino-alcohol motifs (C(OH)–C–C–N with tert-alkyl or cyclic N) is 1. The van der Waals surface area contributed by atoms with E-state index in [0.29, 0.717) is 65.2 Å². The van der Waals surface area contributed by atoms with Gasteiger partial charge in [0, 0.05) is 61.0 Å². The summed E-state index contributed by atoms with van der Waals surface area (Å²) in [6.07, 6.45) is 1.42. The standard InChI is InChI=1S/C35H46Cl3N3O6/c1-35(22-42,23-43)39-19-25-17-29(36)32(18-31(25)46-16-14-40(2)3)47-21-24-7-4-8-27(33(24)37)28-9-5-10-30(34(28)38)45-15-6-12-41-13-11-26(44)20-41/h4-5,7-10,17-18,26,39,42-44H,6,11-16,19-23H2,1-3H3/t26-/m1/s1. The number of rotatable bonds is 18. The number of aliphatic hydroxyl groups is 3. The summed E-state index contributed by atoms with van der Waals surface area (Å²) in [4.78, 5) is 4.26. The van der Waals surface area contributed by atoms with Crippen LogP contribution < -0.4 is 19.5 Å². The Hall–Kier alpha value is -2.31. The van der Waals surface area contributed by atoms with Crippen LogP contribution in [-0.2, 0) is 13.2 Å². The monoisotopic (exact) mass is 709 g/mol. The largest absolute Gasteiger partial charge is 0.492 e. The fourth-order valence-corrected chi connectivity index (χ4v) is 5.94. The molecule has 258 valence electrons. The highest BCUT2D eigenvalue weighted by Crippen LogP contribution is 2.40. The molecule has 1 aliphatic heterocycles. The second kappa shape index (κ2) is 17.9. The van der Waals surface area contributed by atoms with Crippen molar-refractivity contribution in [2.75, 3.05) is 66.7 Å². The molecule has 9 nitrogen and oxygen atoms in total. The molecular formula is C35H46Cl3N3O6. The predicted molar refractivity (Wildman–Crippen MR) is 188 cm³/mol. The molecule has 0 aromatic heterocycles. The average Bonchev–Trinajstić information content (AvgIpc) is 3.48. The van der Waals surface area contributed by atoms with Gasteiger partial charge < -0.3 is 44.6 Å². The van der Waals surface area contributed by atoms with Crippen LogP contribution >= 0.6 is 34.8 Å². The zero-order valence-corrected chi connectivity index (χ0v) is 29.5. The average molecular weight is 711 g/mol. The molecule has 4 rings (SSSR count). The lowest BCUT2D eigenvalue weighted by Crippen LogP contribution is -2.48. The summed E-state index contributed by atoms with van der Waals surface area (Å²) in [6.45, 7) is 5.87. The van der Waals surface area contributed by atoms with E-state index >= 15 is 0 Å². The first-order valence-corrected chi connectivity index (χ1v) is 17.0. The van der Waals surface area contributed by atoms with E-state index in [4.69, 9.17) is 49.0 Å². The van der Waals surface area contributed by atoms with E-state index in [1.807, 2.05) is 55.4 Å². The van der Waals surface area contributed by atoms with Gasteiger partial charge in [-0.1, -0.05) is 65.1 Å². The zero-order valence-electron chi connectivity index (χ0n) is 27.3. The maximum Gasteiger partial charge on any atom is 0.142 e. The molecule has 1 heterocycles. The van der Waals surface area contributed by atoms with Crippen LogP contribution in [0.2, 0.25) is 15.1 Å². The van der Waals surface area contributed by atoms with Crippen molar-refractivity contribution in [3.8, 4) is 28.4 Å². The Morgan fingerprint density at radius 3 is 2.28 bits per heavy atom. The molecule has 1 aliphatic rings. The Morgan fingerprint density at radius 2 is 1.60 bits per heavy atom. The number of hydrogen-bond donors (Lipinski definition) is 4. The second-order valence-corrected chi connectivity index (χ2v) is 13.6. The van der Waals surface area contributed by atoms with Gasteiger partial charge in [0.1, 0.15) is 30.5 Å². The number of likely N-dealkylation sites (tertiary alicyclic amines) is 1. The summed E-state index contributed by atoms with van der Waals surface area (Å²) in [5.74, 6) is 1.60. The van der Waals surface area contributed by atoms with Crippen LogP contribution in [0, 0.1) is 0 Å². The number of hydrogen-bond acceptors (Lipinski definition) is 9. The molecule has 12 heteroatoms. The molecule has 4 N–H and O–H groups in total. The van der Waals surface area contributed by atoms with Gasteiger partial charge in [-0.25, -0.2) is 0 Å². The summed E-state index contributed by atoms with van der Waals surface area (Å²) in [7, 11) is 3.93. The smallest absolute Gasteiger partial charge is 0.142 e. The number of ether oxygens (including phenoxy) is 3. The number of nitrogens with zero attached hydrogens (tertiary/aromatic N) is 2. The molecular weight excluding hydrogens is 665 g/mol. The first-order valence-electron chi connectivity index (χ1n) is 15.8. The lowest BCUT2D eigenvalue weighted by Gasteiger charge is -2.27. The highest BCUT2D eigenvalue weighted by atomic mass is 35.5. The summed E-state index contributed by atoms with van der Waals surface area (Å²) < 4.78 is 18.3. The Bertz CT molecular complexity index is 1460. The Labute approximate surface area is 292 Å². The van der Waals surface area contributed by atoms with E-state index in [-0.39, 0.29) is 25.9 Å². The molecule has 0 aliphatic carbocycles. The van der Waals surface area contributed by atoms with E-state index in [0.717, 1.165) is 48.2 Å². The molecule has 47 heavy (non-hydrogen) atoms. The van der Waals surface area contributed by atoms with Crippen molar-refractivity contribution >= 4 is 34.8 Å². The van der Waals surface area contributed by atoms with Crippen LogP contribution in [0.15, 0.2) is 48.5 Å². The van der Waals surface area contributed by atoms with Crippen molar-refractivity contribution in [2.45, 2.75) is 44.6 Å². The normalized spacial score (nSPS) is 15.4. The van der Waals surface area contributed by atoms with Crippen LogP contribution in [0.3, 0.4) is 0 Å². The Kier molecular flexibility index (Phi) is 14.3. The molecule has 0 amide bonds. The maximum atomic E-state index is 9.74.